The highest BCUT2D eigenvalue weighted by Crippen LogP contribution is 2.36. The van der Waals surface area contributed by atoms with Crippen molar-refractivity contribution < 1.29 is 9.53 Å². The molecule has 1 aromatic carbocycles. The van der Waals surface area contributed by atoms with E-state index in [1.54, 1.807) is 6.20 Å². The van der Waals surface area contributed by atoms with Gasteiger partial charge < -0.3 is 9.64 Å². The summed E-state index contributed by atoms with van der Waals surface area (Å²) in [6.45, 7) is 3.54. The molecule has 4 heteroatoms. The van der Waals surface area contributed by atoms with Gasteiger partial charge in [-0.25, -0.2) is 0 Å². The van der Waals surface area contributed by atoms with Crippen molar-refractivity contribution in [3.8, 4) is 0 Å². The second-order valence-corrected chi connectivity index (χ2v) is 6.67. The lowest BCUT2D eigenvalue weighted by atomic mass is 9.87. The Bertz CT molecular complexity index is 739. The monoisotopic (exact) mass is 322 g/mol. The van der Waals surface area contributed by atoms with Crippen LogP contribution in [0.2, 0.25) is 0 Å². The molecule has 0 saturated carbocycles. The molecule has 2 aromatic rings. The minimum absolute atomic E-state index is 0.0697. The summed E-state index contributed by atoms with van der Waals surface area (Å²) < 4.78 is 5.65. The van der Waals surface area contributed by atoms with E-state index in [0.717, 1.165) is 31.4 Å². The number of carbonyl (C=O) groups is 1. The summed E-state index contributed by atoms with van der Waals surface area (Å²) >= 11 is 0. The maximum absolute atomic E-state index is 13.0. The summed E-state index contributed by atoms with van der Waals surface area (Å²) in [4.78, 5) is 19.3. The molecular formula is C20H22N2O2. The van der Waals surface area contributed by atoms with E-state index < -0.39 is 0 Å². The van der Waals surface area contributed by atoms with Gasteiger partial charge in [-0.15, -0.1) is 0 Å². The average Bonchev–Trinajstić information content (AvgIpc) is 3.15. The number of fused-ring (bicyclic) bond motifs is 1. The van der Waals surface area contributed by atoms with Gasteiger partial charge in [0.25, 0.3) is 5.91 Å². The predicted molar refractivity (Wildman–Crippen MR) is 91.7 cm³/mol. The van der Waals surface area contributed by atoms with E-state index >= 15 is 0 Å². The van der Waals surface area contributed by atoms with Crippen LogP contribution in [0.25, 0.3) is 0 Å². The van der Waals surface area contributed by atoms with E-state index in [1.165, 1.54) is 16.7 Å². The highest BCUT2D eigenvalue weighted by atomic mass is 16.5. The first-order valence-electron chi connectivity index (χ1n) is 8.65. The fourth-order valence-electron chi connectivity index (χ4n) is 3.85. The Hall–Kier alpha value is -2.20. The fourth-order valence-corrected chi connectivity index (χ4v) is 3.85. The molecular weight excluding hydrogens is 300 g/mol. The molecule has 2 atom stereocenters. The molecule has 24 heavy (non-hydrogen) atoms. The summed E-state index contributed by atoms with van der Waals surface area (Å²) in [7, 11) is 0. The smallest absolute Gasteiger partial charge is 0.252 e. The van der Waals surface area contributed by atoms with Gasteiger partial charge in [-0.1, -0.05) is 29.8 Å². The zero-order valence-corrected chi connectivity index (χ0v) is 13.9. The number of pyridine rings is 1. The number of aryl methyl sites for hydroxylation is 1. The van der Waals surface area contributed by atoms with Crippen LogP contribution in [-0.2, 0) is 16.0 Å². The van der Waals surface area contributed by atoms with Gasteiger partial charge in [0.2, 0.25) is 0 Å². The van der Waals surface area contributed by atoms with Gasteiger partial charge >= 0.3 is 0 Å². The molecule has 1 aromatic heterocycles. The Morgan fingerprint density at radius 2 is 2.25 bits per heavy atom. The summed E-state index contributed by atoms with van der Waals surface area (Å²) in [6.07, 6.45) is 6.06. The lowest BCUT2D eigenvalue weighted by Crippen LogP contribution is -2.45. The Morgan fingerprint density at radius 3 is 3.00 bits per heavy atom. The Kier molecular flexibility index (Phi) is 4.07. The minimum Gasteiger partial charge on any atom is -0.368 e. The Labute approximate surface area is 142 Å². The van der Waals surface area contributed by atoms with E-state index in [1.807, 2.05) is 17.2 Å². The molecule has 1 amide bonds. The third kappa shape index (κ3) is 2.71. The lowest BCUT2D eigenvalue weighted by molar-refractivity contribution is -0.143. The van der Waals surface area contributed by atoms with Crippen molar-refractivity contribution in [2.75, 3.05) is 13.2 Å². The molecule has 2 unspecified atom stereocenters. The number of carbonyl (C=O) groups excluding carboxylic acids is 1. The Balaban J connectivity index is 1.76. The second-order valence-electron chi connectivity index (χ2n) is 6.67. The zero-order chi connectivity index (χ0) is 16.5. The molecule has 0 N–H and O–H groups in total. The fraction of sp³-hybridized carbons (Fsp3) is 0.400. The standard InChI is InChI=1S/C20H22N2O2/c1-14-6-7-17-15(12-14)8-10-22(20(23)18-5-3-11-24-18)19(17)16-4-2-9-21-13-16/h2,4,6-7,9,12-13,18-19H,3,5,8,10-11H2,1H3. The van der Waals surface area contributed by atoms with Crippen LogP contribution in [0.15, 0.2) is 42.7 Å². The second kappa shape index (κ2) is 6.36. The summed E-state index contributed by atoms with van der Waals surface area (Å²) in [6, 6.07) is 10.5. The third-order valence-corrected chi connectivity index (χ3v) is 5.02. The topological polar surface area (TPSA) is 42.4 Å². The molecule has 0 spiro atoms. The van der Waals surface area contributed by atoms with Crippen molar-refractivity contribution in [2.24, 2.45) is 0 Å². The first-order valence-corrected chi connectivity index (χ1v) is 8.65. The number of rotatable bonds is 2. The van der Waals surface area contributed by atoms with E-state index in [0.29, 0.717) is 6.61 Å². The van der Waals surface area contributed by atoms with Crippen LogP contribution < -0.4 is 0 Å². The van der Waals surface area contributed by atoms with Gasteiger partial charge in [0, 0.05) is 25.5 Å². The maximum atomic E-state index is 13.0. The van der Waals surface area contributed by atoms with Gasteiger partial charge in [-0.05, 0) is 48.9 Å². The van der Waals surface area contributed by atoms with Crippen molar-refractivity contribution in [2.45, 2.75) is 38.3 Å². The van der Waals surface area contributed by atoms with Crippen molar-refractivity contribution in [1.29, 1.82) is 0 Å². The quantitative estimate of drug-likeness (QED) is 0.853. The molecule has 2 aliphatic rings. The first kappa shape index (κ1) is 15.3. The molecule has 0 bridgehead atoms. The van der Waals surface area contributed by atoms with Crippen LogP contribution in [0, 0.1) is 6.92 Å². The van der Waals surface area contributed by atoms with Crippen LogP contribution in [0.5, 0.6) is 0 Å². The number of ether oxygens (including phenoxy) is 1. The van der Waals surface area contributed by atoms with Gasteiger partial charge in [0.05, 0.1) is 6.04 Å². The van der Waals surface area contributed by atoms with Crippen molar-refractivity contribution >= 4 is 5.91 Å². The molecule has 0 radical (unpaired) electrons. The molecule has 124 valence electrons. The molecule has 1 fully saturated rings. The number of nitrogens with zero attached hydrogens (tertiary/aromatic N) is 2. The largest absolute Gasteiger partial charge is 0.368 e. The van der Waals surface area contributed by atoms with Crippen LogP contribution >= 0.6 is 0 Å². The van der Waals surface area contributed by atoms with Gasteiger partial charge in [-0.2, -0.15) is 0 Å². The molecule has 4 nitrogen and oxygen atoms in total. The SMILES string of the molecule is Cc1ccc2c(c1)CCN(C(=O)C1CCCO1)C2c1cccnc1. The van der Waals surface area contributed by atoms with Gasteiger partial charge in [0.1, 0.15) is 6.10 Å². The lowest BCUT2D eigenvalue weighted by Gasteiger charge is -2.38. The van der Waals surface area contributed by atoms with E-state index in [4.69, 9.17) is 4.74 Å². The Morgan fingerprint density at radius 1 is 1.33 bits per heavy atom. The summed E-state index contributed by atoms with van der Waals surface area (Å²) in [5, 5.41) is 0. The number of hydrogen-bond acceptors (Lipinski definition) is 3. The number of aromatic nitrogens is 1. The van der Waals surface area contributed by atoms with Gasteiger partial charge in [0.15, 0.2) is 0 Å². The molecule has 4 rings (SSSR count). The van der Waals surface area contributed by atoms with Crippen LogP contribution in [0.3, 0.4) is 0 Å². The van der Waals surface area contributed by atoms with E-state index in [2.05, 4.69) is 36.2 Å². The summed E-state index contributed by atoms with van der Waals surface area (Å²) in [5.74, 6) is 0.118. The highest BCUT2D eigenvalue weighted by molar-refractivity contribution is 5.82. The number of hydrogen-bond donors (Lipinski definition) is 0. The predicted octanol–water partition coefficient (Wildman–Crippen LogP) is 3.04. The van der Waals surface area contributed by atoms with E-state index in [-0.39, 0.29) is 18.1 Å². The minimum atomic E-state index is -0.281. The van der Waals surface area contributed by atoms with Gasteiger partial charge in [-0.3, -0.25) is 9.78 Å². The third-order valence-electron chi connectivity index (χ3n) is 5.02. The first-order chi connectivity index (χ1) is 11.7. The number of benzene rings is 1. The van der Waals surface area contributed by atoms with Crippen LogP contribution in [0.4, 0.5) is 0 Å². The van der Waals surface area contributed by atoms with E-state index in [9.17, 15) is 4.79 Å². The highest BCUT2D eigenvalue weighted by Gasteiger charge is 2.36. The molecule has 2 aliphatic heterocycles. The van der Waals surface area contributed by atoms with Crippen LogP contribution in [0.1, 0.15) is 41.1 Å². The zero-order valence-electron chi connectivity index (χ0n) is 13.9. The van der Waals surface area contributed by atoms with Crippen LogP contribution in [-0.4, -0.2) is 35.0 Å². The van der Waals surface area contributed by atoms with Crippen molar-refractivity contribution in [3.63, 3.8) is 0 Å². The van der Waals surface area contributed by atoms with Crippen molar-refractivity contribution in [3.05, 3.63) is 65.0 Å². The molecule has 1 saturated heterocycles. The van der Waals surface area contributed by atoms with Crippen molar-refractivity contribution in [1.82, 2.24) is 9.88 Å². The molecule has 3 heterocycles. The summed E-state index contributed by atoms with van der Waals surface area (Å²) in [5.41, 5.74) is 4.87. The maximum Gasteiger partial charge on any atom is 0.252 e. The normalized spacial score (nSPS) is 23.1. The number of amides is 1. The molecule has 0 aliphatic carbocycles. The average molecular weight is 322 g/mol.